The number of hydrogen-bond donors (Lipinski definition) is 0. The van der Waals surface area contributed by atoms with Gasteiger partial charge in [0, 0.05) is 32.9 Å². The third kappa shape index (κ3) is 3.00. The summed E-state index contributed by atoms with van der Waals surface area (Å²) in [5, 5.41) is 4.27. The van der Waals surface area contributed by atoms with Crippen LogP contribution in [0.1, 0.15) is 41.7 Å². The number of aryl methyl sites for hydroxylation is 1. The van der Waals surface area contributed by atoms with Crippen molar-refractivity contribution in [3.05, 3.63) is 53.9 Å². The molecule has 0 N–H and O–H groups in total. The molecule has 1 aromatic carbocycles. The highest BCUT2D eigenvalue weighted by Gasteiger charge is 2.50. The van der Waals surface area contributed by atoms with E-state index in [1.165, 1.54) is 0 Å². The van der Waals surface area contributed by atoms with E-state index in [0.29, 0.717) is 31.7 Å². The standard InChI is InChI=1S/C20H24N4O2/c1-22-12-9-17(21-22)19(26)24-11-6-5-10-20(24)13-18(25)23(15-20)14-16-7-3-2-4-8-16/h2-4,7-9,12H,5-6,10-11,13-15H2,1H3/t20-/m0/s1. The zero-order chi connectivity index (χ0) is 18.1. The van der Waals surface area contributed by atoms with Gasteiger partial charge in [0.05, 0.1) is 12.0 Å². The molecule has 26 heavy (non-hydrogen) atoms. The number of aromatic nitrogens is 2. The number of hydrogen-bond acceptors (Lipinski definition) is 3. The lowest BCUT2D eigenvalue weighted by molar-refractivity contribution is -0.128. The van der Waals surface area contributed by atoms with E-state index in [0.717, 1.165) is 24.8 Å². The second kappa shape index (κ2) is 6.59. The average molecular weight is 352 g/mol. The maximum Gasteiger partial charge on any atom is 0.274 e. The van der Waals surface area contributed by atoms with Crippen LogP contribution >= 0.6 is 0 Å². The second-order valence-electron chi connectivity index (χ2n) is 7.43. The molecule has 2 aliphatic rings. The molecular weight excluding hydrogens is 328 g/mol. The van der Waals surface area contributed by atoms with E-state index in [2.05, 4.69) is 5.10 Å². The summed E-state index contributed by atoms with van der Waals surface area (Å²) in [5.74, 6) is 0.0780. The molecule has 4 rings (SSSR count). The third-order valence-corrected chi connectivity index (χ3v) is 5.56. The summed E-state index contributed by atoms with van der Waals surface area (Å²) >= 11 is 0. The smallest absolute Gasteiger partial charge is 0.274 e. The molecule has 2 aliphatic heterocycles. The number of rotatable bonds is 3. The first-order chi connectivity index (χ1) is 12.6. The van der Waals surface area contributed by atoms with Crippen LogP contribution in [0.3, 0.4) is 0 Å². The third-order valence-electron chi connectivity index (χ3n) is 5.56. The molecule has 3 heterocycles. The molecule has 6 nitrogen and oxygen atoms in total. The van der Waals surface area contributed by atoms with E-state index in [1.54, 1.807) is 16.9 Å². The Morgan fingerprint density at radius 3 is 2.73 bits per heavy atom. The van der Waals surface area contributed by atoms with Gasteiger partial charge in [-0.3, -0.25) is 14.3 Å². The fourth-order valence-corrected chi connectivity index (χ4v) is 4.27. The Balaban J connectivity index is 1.57. The van der Waals surface area contributed by atoms with Crippen LogP contribution in [0.4, 0.5) is 0 Å². The normalized spacial score (nSPS) is 23.0. The fraction of sp³-hybridized carbons (Fsp3) is 0.450. The second-order valence-corrected chi connectivity index (χ2v) is 7.43. The number of piperidine rings is 1. The Kier molecular flexibility index (Phi) is 4.26. The molecule has 2 amide bonds. The van der Waals surface area contributed by atoms with Crippen molar-refractivity contribution in [1.29, 1.82) is 0 Å². The van der Waals surface area contributed by atoms with Crippen molar-refractivity contribution in [2.45, 2.75) is 37.8 Å². The highest BCUT2D eigenvalue weighted by atomic mass is 16.2. The van der Waals surface area contributed by atoms with Gasteiger partial charge < -0.3 is 9.80 Å². The average Bonchev–Trinajstić information content (AvgIpc) is 3.20. The quantitative estimate of drug-likeness (QED) is 0.851. The number of carbonyl (C=O) groups is 2. The maximum atomic E-state index is 13.1. The minimum Gasteiger partial charge on any atom is -0.336 e. The summed E-state index contributed by atoms with van der Waals surface area (Å²) in [6, 6.07) is 11.8. The molecule has 6 heteroatoms. The minimum atomic E-state index is -0.390. The number of nitrogens with zero attached hydrogens (tertiary/aromatic N) is 4. The summed E-state index contributed by atoms with van der Waals surface area (Å²) in [6.45, 7) is 1.91. The number of amides is 2. The van der Waals surface area contributed by atoms with Crippen molar-refractivity contribution in [2.24, 2.45) is 7.05 Å². The van der Waals surface area contributed by atoms with Crippen molar-refractivity contribution < 1.29 is 9.59 Å². The summed E-state index contributed by atoms with van der Waals surface area (Å²) < 4.78 is 1.64. The van der Waals surface area contributed by atoms with Gasteiger partial charge in [0.25, 0.3) is 5.91 Å². The van der Waals surface area contributed by atoms with E-state index in [4.69, 9.17) is 0 Å². The summed E-state index contributed by atoms with van der Waals surface area (Å²) in [6.07, 6.45) is 5.11. The van der Waals surface area contributed by atoms with Crippen molar-refractivity contribution >= 4 is 11.8 Å². The van der Waals surface area contributed by atoms with E-state index in [-0.39, 0.29) is 11.8 Å². The molecule has 136 valence electrons. The zero-order valence-electron chi connectivity index (χ0n) is 15.1. The van der Waals surface area contributed by atoms with Crippen LogP contribution in [-0.4, -0.2) is 50.0 Å². The van der Waals surface area contributed by atoms with Gasteiger partial charge in [-0.05, 0) is 30.9 Å². The van der Waals surface area contributed by atoms with Gasteiger partial charge in [-0.15, -0.1) is 0 Å². The first-order valence-electron chi connectivity index (χ1n) is 9.21. The molecule has 0 saturated carbocycles. The minimum absolute atomic E-state index is 0.0559. The van der Waals surface area contributed by atoms with E-state index in [1.807, 2.05) is 47.2 Å². The van der Waals surface area contributed by atoms with Gasteiger partial charge in [0.2, 0.25) is 5.91 Å². The highest BCUT2D eigenvalue weighted by Crippen LogP contribution is 2.38. The number of benzene rings is 1. The van der Waals surface area contributed by atoms with Crippen LogP contribution < -0.4 is 0 Å². The molecule has 1 atom stereocenters. The van der Waals surface area contributed by atoms with Crippen LogP contribution in [0, 0.1) is 0 Å². The largest absolute Gasteiger partial charge is 0.336 e. The monoisotopic (exact) mass is 352 g/mol. The van der Waals surface area contributed by atoms with Crippen LogP contribution in [0.5, 0.6) is 0 Å². The molecule has 0 aliphatic carbocycles. The van der Waals surface area contributed by atoms with Gasteiger partial charge in [-0.25, -0.2) is 0 Å². The van der Waals surface area contributed by atoms with Gasteiger partial charge in [0.1, 0.15) is 5.69 Å². The fourth-order valence-electron chi connectivity index (χ4n) is 4.27. The van der Waals surface area contributed by atoms with Gasteiger partial charge >= 0.3 is 0 Å². The lowest BCUT2D eigenvalue weighted by Gasteiger charge is -2.44. The predicted molar refractivity (Wildman–Crippen MR) is 97.3 cm³/mol. The Morgan fingerprint density at radius 2 is 2.00 bits per heavy atom. The molecule has 0 radical (unpaired) electrons. The van der Waals surface area contributed by atoms with Crippen molar-refractivity contribution in [3.63, 3.8) is 0 Å². The maximum absolute atomic E-state index is 13.1. The number of carbonyl (C=O) groups excluding carboxylic acids is 2. The number of likely N-dealkylation sites (tertiary alicyclic amines) is 2. The Labute approximate surface area is 153 Å². The molecule has 2 saturated heterocycles. The molecule has 2 aromatic rings. The molecule has 1 aromatic heterocycles. The van der Waals surface area contributed by atoms with Gasteiger partial charge in [0.15, 0.2) is 0 Å². The van der Waals surface area contributed by atoms with E-state index in [9.17, 15) is 9.59 Å². The Bertz CT molecular complexity index is 816. The van der Waals surface area contributed by atoms with Crippen LogP contribution in [0.2, 0.25) is 0 Å². The Hall–Kier alpha value is -2.63. The molecule has 2 fully saturated rings. The Morgan fingerprint density at radius 1 is 1.19 bits per heavy atom. The van der Waals surface area contributed by atoms with Crippen molar-refractivity contribution in [1.82, 2.24) is 19.6 Å². The molecule has 1 spiro atoms. The van der Waals surface area contributed by atoms with Crippen LogP contribution in [0.15, 0.2) is 42.6 Å². The van der Waals surface area contributed by atoms with E-state index < -0.39 is 5.54 Å². The van der Waals surface area contributed by atoms with Crippen molar-refractivity contribution in [2.75, 3.05) is 13.1 Å². The van der Waals surface area contributed by atoms with Crippen molar-refractivity contribution in [3.8, 4) is 0 Å². The van der Waals surface area contributed by atoms with Crippen LogP contribution in [-0.2, 0) is 18.4 Å². The summed E-state index contributed by atoms with van der Waals surface area (Å²) in [4.78, 5) is 29.6. The molecule has 0 bridgehead atoms. The predicted octanol–water partition coefficient (Wildman–Crippen LogP) is 2.22. The van der Waals surface area contributed by atoms with Gasteiger partial charge in [-0.2, -0.15) is 5.10 Å². The topological polar surface area (TPSA) is 58.4 Å². The van der Waals surface area contributed by atoms with E-state index >= 15 is 0 Å². The first-order valence-corrected chi connectivity index (χ1v) is 9.21. The molecular formula is C20H24N4O2. The van der Waals surface area contributed by atoms with Crippen LogP contribution in [0.25, 0.3) is 0 Å². The SMILES string of the molecule is Cn1ccc(C(=O)N2CCCC[C@@]23CC(=O)N(Cc2ccccc2)C3)n1. The summed E-state index contributed by atoms with van der Waals surface area (Å²) in [5.41, 5.74) is 1.19. The highest BCUT2D eigenvalue weighted by molar-refractivity contribution is 5.94. The van der Waals surface area contributed by atoms with Gasteiger partial charge in [-0.1, -0.05) is 30.3 Å². The zero-order valence-corrected chi connectivity index (χ0v) is 15.1. The first kappa shape index (κ1) is 16.8. The lowest BCUT2D eigenvalue weighted by atomic mass is 9.85. The summed E-state index contributed by atoms with van der Waals surface area (Å²) in [7, 11) is 1.81. The lowest BCUT2D eigenvalue weighted by Crippen LogP contribution is -2.56. The molecule has 0 unspecified atom stereocenters.